The summed E-state index contributed by atoms with van der Waals surface area (Å²) in [6, 6.07) is 12.9. The maximum atomic E-state index is 9.52. The molecule has 0 unspecified atom stereocenters. The minimum absolute atomic E-state index is 0.265. The second kappa shape index (κ2) is 8.22. The molecule has 2 aromatic heterocycles. The van der Waals surface area contributed by atoms with E-state index < -0.39 is 0 Å². The summed E-state index contributed by atoms with van der Waals surface area (Å²) in [5.41, 5.74) is 0.289. The van der Waals surface area contributed by atoms with Gasteiger partial charge in [-0.05, 0) is 54.7 Å². The number of benzene rings is 1. The molecule has 0 bridgehead atoms. The molecule has 1 aliphatic rings. The third-order valence-electron chi connectivity index (χ3n) is 4.94. The minimum Gasteiger partial charge on any atom is -0.486 e. The lowest BCUT2D eigenvalue weighted by Crippen LogP contribution is -2.38. The summed E-state index contributed by atoms with van der Waals surface area (Å²) in [5.74, 6) is 3.72. The van der Waals surface area contributed by atoms with E-state index in [4.69, 9.17) is 25.2 Å². The van der Waals surface area contributed by atoms with E-state index in [-0.39, 0.29) is 12.3 Å². The summed E-state index contributed by atoms with van der Waals surface area (Å²) >= 11 is 5.88. The van der Waals surface area contributed by atoms with Crippen molar-refractivity contribution in [1.82, 2.24) is 4.98 Å². The number of anilines is 1. The van der Waals surface area contributed by atoms with Crippen LogP contribution in [0.25, 0.3) is 11.7 Å². The molecule has 0 aliphatic carbocycles. The predicted octanol–water partition coefficient (Wildman–Crippen LogP) is 5.52. The first kappa shape index (κ1) is 19.4. The molecule has 150 valence electrons. The van der Waals surface area contributed by atoms with Gasteiger partial charge in [0.1, 0.15) is 24.2 Å². The summed E-state index contributed by atoms with van der Waals surface area (Å²) in [5, 5.41) is 10.2. The van der Waals surface area contributed by atoms with Crippen molar-refractivity contribution in [1.29, 1.82) is 5.26 Å². The Balaban J connectivity index is 1.50. The van der Waals surface area contributed by atoms with Crippen LogP contribution in [0.4, 0.5) is 5.88 Å². The van der Waals surface area contributed by atoms with Crippen molar-refractivity contribution in [3.05, 3.63) is 52.9 Å². The van der Waals surface area contributed by atoms with E-state index in [2.05, 4.69) is 29.8 Å². The number of nitriles is 1. The number of furan rings is 1. The van der Waals surface area contributed by atoms with Crippen molar-refractivity contribution in [2.75, 3.05) is 18.0 Å². The van der Waals surface area contributed by atoms with Gasteiger partial charge in [0, 0.05) is 18.1 Å². The van der Waals surface area contributed by atoms with Gasteiger partial charge in [0.15, 0.2) is 5.76 Å². The van der Waals surface area contributed by atoms with Crippen LogP contribution in [-0.2, 0) is 6.61 Å². The van der Waals surface area contributed by atoms with Crippen molar-refractivity contribution < 1.29 is 13.6 Å². The molecule has 2 atom stereocenters. The Hall–Kier alpha value is -2.91. The van der Waals surface area contributed by atoms with E-state index in [0.717, 1.165) is 13.1 Å². The lowest BCUT2D eigenvalue weighted by Gasteiger charge is -2.34. The number of rotatable bonds is 5. The molecule has 0 spiro atoms. The van der Waals surface area contributed by atoms with Gasteiger partial charge >= 0.3 is 0 Å². The van der Waals surface area contributed by atoms with Crippen LogP contribution in [0.1, 0.15) is 31.7 Å². The molecule has 1 aliphatic heterocycles. The van der Waals surface area contributed by atoms with E-state index >= 15 is 0 Å². The molecule has 1 fully saturated rings. The fraction of sp³-hybridized carbons (Fsp3) is 0.364. The summed E-state index contributed by atoms with van der Waals surface area (Å²) in [6.07, 6.45) is 1.18. The van der Waals surface area contributed by atoms with Gasteiger partial charge in [-0.25, -0.2) is 0 Å². The van der Waals surface area contributed by atoms with Crippen LogP contribution < -0.4 is 9.64 Å². The zero-order valence-corrected chi connectivity index (χ0v) is 17.1. The monoisotopic (exact) mass is 411 g/mol. The molecule has 4 rings (SSSR count). The predicted molar refractivity (Wildman–Crippen MR) is 110 cm³/mol. The molecule has 7 heteroatoms. The highest BCUT2D eigenvalue weighted by Crippen LogP contribution is 2.33. The molecule has 3 heterocycles. The summed E-state index contributed by atoms with van der Waals surface area (Å²) in [4.78, 5) is 6.46. The third-order valence-corrected chi connectivity index (χ3v) is 5.19. The SMILES string of the molecule is C[C@@H]1C[C@H](C)CN(c2oc(-c3ccc(COc4ccc(Cl)cc4)o3)nc2C#N)C1. The molecule has 1 saturated heterocycles. The van der Waals surface area contributed by atoms with Crippen LogP contribution in [-0.4, -0.2) is 18.1 Å². The summed E-state index contributed by atoms with van der Waals surface area (Å²) in [7, 11) is 0. The molecule has 3 aromatic rings. The quantitative estimate of drug-likeness (QED) is 0.550. The smallest absolute Gasteiger partial charge is 0.266 e. The average molecular weight is 412 g/mol. The van der Waals surface area contributed by atoms with Gasteiger partial charge in [0.05, 0.1) is 0 Å². The van der Waals surface area contributed by atoms with Crippen molar-refractivity contribution in [3.63, 3.8) is 0 Å². The lowest BCUT2D eigenvalue weighted by molar-refractivity contribution is 0.271. The second-order valence-corrected chi connectivity index (χ2v) is 8.08. The average Bonchev–Trinajstić information content (AvgIpc) is 3.33. The van der Waals surface area contributed by atoms with Crippen molar-refractivity contribution in [2.24, 2.45) is 11.8 Å². The largest absolute Gasteiger partial charge is 0.486 e. The van der Waals surface area contributed by atoms with Crippen molar-refractivity contribution in [3.8, 4) is 23.5 Å². The molecular weight excluding hydrogens is 390 g/mol. The second-order valence-electron chi connectivity index (χ2n) is 7.64. The minimum atomic E-state index is 0.265. The fourth-order valence-corrected chi connectivity index (χ4v) is 3.92. The molecule has 0 radical (unpaired) electrons. The normalized spacial score (nSPS) is 19.2. The number of piperidine rings is 1. The van der Waals surface area contributed by atoms with Crippen molar-refractivity contribution >= 4 is 17.5 Å². The molecule has 29 heavy (non-hydrogen) atoms. The highest BCUT2D eigenvalue weighted by molar-refractivity contribution is 6.30. The van der Waals surface area contributed by atoms with Gasteiger partial charge in [0.25, 0.3) is 5.89 Å². The van der Waals surface area contributed by atoms with Gasteiger partial charge in [-0.15, -0.1) is 0 Å². The van der Waals surface area contributed by atoms with Crippen LogP contribution in [0.5, 0.6) is 5.75 Å². The zero-order valence-electron chi connectivity index (χ0n) is 16.4. The van der Waals surface area contributed by atoms with Crippen LogP contribution in [0.2, 0.25) is 5.02 Å². The van der Waals surface area contributed by atoms with Crippen LogP contribution in [0.3, 0.4) is 0 Å². The molecule has 0 amide bonds. The number of ether oxygens (including phenoxy) is 1. The first-order chi connectivity index (χ1) is 14.0. The van der Waals surface area contributed by atoms with Gasteiger partial charge in [0.2, 0.25) is 11.6 Å². The molecule has 1 aromatic carbocycles. The maximum Gasteiger partial charge on any atom is 0.266 e. The van der Waals surface area contributed by atoms with E-state index in [1.807, 2.05) is 6.07 Å². The van der Waals surface area contributed by atoms with E-state index in [0.29, 0.717) is 45.9 Å². The summed E-state index contributed by atoms with van der Waals surface area (Å²) < 4.78 is 17.5. The molecule has 0 saturated carbocycles. The Labute approximate surface area is 174 Å². The number of aromatic nitrogens is 1. The number of oxazole rings is 1. The zero-order chi connectivity index (χ0) is 20.4. The first-order valence-corrected chi connectivity index (χ1v) is 10.0. The van der Waals surface area contributed by atoms with Crippen molar-refractivity contribution in [2.45, 2.75) is 26.9 Å². The first-order valence-electron chi connectivity index (χ1n) is 9.65. The number of hydrogen-bond acceptors (Lipinski definition) is 6. The van der Waals surface area contributed by atoms with Crippen LogP contribution in [0, 0.1) is 23.2 Å². The fourth-order valence-electron chi connectivity index (χ4n) is 3.79. The Bertz CT molecular complexity index is 1010. The molecule has 0 N–H and O–H groups in total. The topological polar surface area (TPSA) is 75.4 Å². The number of hydrogen-bond donors (Lipinski definition) is 0. The maximum absolute atomic E-state index is 9.52. The highest BCUT2D eigenvalue weighted by atomic mass is 35.5. The Morgan fingerprint density at radius 2 is 1.86 bits per heavy atom. The van der Waals surface area contributed by atoms with Gasteiger partial charge in [-0.3, -0.25) is 0 Å². The van der Waals surface area contributed by atoms with E-state index in [1.54, 1.807) is 30.3 Å². The summed E-state index contributed by atoms with van der Waals surface area (Å²) in [6.45, 7) is 6.40. The van der Waals surface area contributed by atoms with E-state index in [9.17, 15) is 5.26 Å². The standard InChI is InChI=1S/C22H22ClN3O3/c1-14-9-15(2)12-26(11-14)22-19(10-24)25-21(29-22)20-8-7-18(28-20)13-27-17-5-3-16(23)4-6-17/h3-8,14-15H,9,11-13H2,1-2H3/t14-,15+. The third kappa shape index (κ3) is 4.41. The molecular formula is C22H22ClN3O3. The van der Waals surface area contributed by atoms with Gasteiger partial charge in [-0.1, -0.05) is 25.4 Å². The lowest BCUT2D eigenvalue weighted by atomic mass is 9.92. The number of nitrogens with zero attached hydrogens (tertiary/aromatic N) is 3. The van der Waals surface area contributed by atoms with Crippen LogP contribution in [0.15, 0.2) is 45.2 Å². The van der Waals surface area contributed by atoms with Crippen LogP contribution >= 0.6 is 11.6 Å². The van der Waals surface area contributed by atoms with Gasteiger partial charge in [-0.2, -0.15) is 10.2 Å². The number of halogens is 1. The van der Waals surface area contributed by atoms with E-state index in [1.165, 1.54) is 6.42 Å². The van der Waals surface area contributed by atoms with Gasteiger partial charge < -0.3 is 18.5 Å². The molecule has 6 nitrogen and oxygen atoms in total. The Morgan fingerprint density at radius 3 is 2.55 bits per heavy atom. The Morgan fingerprint density at radius 1 is 1.14 bits per heavy atom. The Kier molecular flexibility index (Phi) is 5.50. The highest BCUT2D eigenvalue weighted by Gasteiger charge is 2.28.